The van der Waals surface area contributed by atoms with Gasteiger partial charge in [0.2, 0.25) is 11.8 Å². The number of carbonyl (C=O) groups is 2. The molecule has 1 aromatic heterocycles. The van der Waals surface area contributed by atoms with Crippen molar-refractivity contribution in [2.45, 2.75) is 64.8 Å². The van der Waals surface area contributed by atoms with Crippen LogP contribution in [0.4, 0.5) is 5.82 Å². The number of hydrogen-bond acceptors (Lipinski definition) is 3. The van der Waals surface area contributed by atoms with Crippen molar-refractivity contribution < 1.29 is 9.59 Å². The summed E-state index contributed by atoms with van der Waals surface area (Å²) in [5.41, 5.74) is 2.13. The first kappa shape index (κ1) is 17.0. The van der Waals surface area contributed by atoms with Crippen molar-refractivity contribution in [2.24, 2.45) is 13.0 Å². The maximum atomic E-state index is 12.7. The van der Waals surface area contributed by atoms with Crippen LogP contribution in [-0.4, -0.2) is 39.1 Å². The van der Waals surface area contributed by atoms with E-state index in [-0.39, 0.29) is 17.7 Å². The predicted octanol–water partition coefficient (Wildman–Crippen LogP) is 2.27. The zero-order chi connectivity index (χ0) is 17.3. The summed E-state index contributed by atoms with van der Waals surface area (Å²) >= 11 is 0. The minimum Gasteiger partial charge on any atom is -0.339 e. The van der Waals surface area contributed by atoms with Gasteiger partial charge >= 0.3 is 0 Å². The molecule has 6 nitrogen and oxygen atoms in total. The highest BCUT2D eigenvalue weighted by atomic mass is 16.2. The first-order valence-electron chi connectivity index (χ1n) is 9.20. The lowest BCUT2D eigenvalue weighted by Crippen LogP contribution is -2.35. The standard InChI is InChI=1S/C18H28N4O2/c1-4-14-15(5-2)20-21(3)17(14)19-18(24)12-10-16(23)22(11-12)13-8-6-7-9-13/h12-13H,4-11H2,1-3H3,(H,19,24). The van der Waals surface area contributed by atoms with Crippen molar-refractivity contribution in [2.75, 3.05) is 11.9 Å². The van der Waals surface area contributed by atoms with E-state index in [1.54, 1.807) is 4.68 Å². The highest BCUT2D eigenvalue weighted by Gasteiger charge is 2.39. The molecule has 2 amide bonds. The summed E-state index contributed by atoms with van der Waals surface area (Å²) in [7, 11) is 1.86. The van der Waals surface area contributed by atoms with Crippen LogP contribution in [0.2, 0.25) is 0 Å². The number of aryl methyl sites for hydroxylation is 2. The predicted molar refractivity (Wildman–Crippen MR) is 92.7 cm³/mol. The lowest BCUT2D eigenvalue weighted by atomic mass is 10.1. The van der Waals surface area contributed by atoms with Crippen LogP contribution >= 0.6 is 0 Å². The second-order valence-corrected chi connectivity index (χ2v) is 6.98. The van der Waals surface area contributed by atoms with Gasteiger partial charge in [-0.15, -0.1) is 0 Å². The Labute approximate surface area is 143 Å². The fraction of sp³-hybridized carbons (Fsp3) is 0.722. The first-order chi connectivity index (χ1) is 11.5. The van der Waals surface area contributed by atoms with E-state index in [0.29, 0.717) is 19.0 Å². The molecule has 2 aliphatic rings. The number of carbonyl (C=O) groups excluding carboxylic acids is 2. The van der Waals surface area contributed by atoms with Gasteiger partial charge in [-0.25, -0.2) is 0 Å². The number of anilines is 1. The van der Waals surface area contributed by atoms with Gasteiger partial charge in [-0.05, 0) is 25.7 Å². The highest BCUT2D eigenvalue weighted by Crippen LogP contribution is 2.30. The molecule has 1 unspecified atom stereocenters. The molecule has 2 heterocycles. The molecule has 1 saturated carbocycles. The number of nitrogens with zero attached hydrogens (tertiary/aromatic N) is 3. The van der Waals surface area contributed by atoms with Crippen LogP contribution < -0.4 is 5.32 Å². The Balaban J connectivity index is 1.70. The molecule has 1 saturated heterocycles. The Morgan fingerprint density at radius 2 is 1.96 bits per heavy atom. The molecule has 1 aliphatic heterocycles. The molecular formula is C18H28N4O2. The molecule has 1 aliphatic carbocycles. The monoisotopic (exact) mass is 332 g/mol. The third-order valence-electron chi connectivity index (χ3n) is 5.45. The normalized spacial score (nSPS) is 21.7. The summed E-state index contributed by atoms with van der Waals surface area (Å²) < 4.78 is 1.75. The number of likely N-dealkylation sites (tertiary alicyclic amines) is 1. The van der Waals surface area contributed by atoms with Gasteiger partial charge in [-0.1, -0.05) is 26.7 Å². The van der Waals surface area contributed by atoms with E-state index in [2.05, 4.69) is 24.3 Å². The number of aromatic nitrogens is 2. The van der Waals surface area contributed by atoms with E-state index < -0.39 is 0 Å². The van der Waals surface area contributed by atoms with E-state index in [9.17, 15) is 9.59 Å². The molecule has 24 heavy (non-hydrogen) atoms. The smallest absolute Gasteiger partial charge is 0.230 e. The average molecular weight is 332 g/mol. The Bertz CT molecular complexity index is 631. The van der Waals surface area contributed by atoms with Crippen molar-refractivity contribution in [3.8, 4) is 0 Å². The molecule has 1 atom stereocenters. The van der Waals surface area contributed by atoms with Crippen LogP contribution in [0.3, 0.4) is 0 Å². The van der Waals surface area contributed by atoms with E-state index in [4.69, 9.17) is 0 Å². The molecule has 0 spiro atoms. The van der Waals surface area contributed by atoms with Gasteiger partial charge in [0.05, 0.1) is 11.6 Å². The van der Waals surface area contributed by atoms with Crippen molar-refractivity contribution in [1.29, 1.82) is 0 Å². The van der Waals surface area contributed by atoms with E-state index in [1.807, 2.05) is 11.9 Å². The quantitative estimate of drug-likeness (QED) is 0.899. The molecule has 2 fully saturated rings. The molecular weight excluding hydrogens is 304 g/mol. The summed E-state index contributed by atoms with van der Waals surface area (Å²) in [4.78, 5) is 26.9. The van der Waals surface area contributed by atoms with Crippen LogP contribution in [0, 0.1) is 5.92 Å². The van der Waals surface area contributed by atoms with Crippen LogP contribution in [-0.2, 0) is 29.5 Å². The summed E-state index contributed by atoms with van der Waals surface area (Å²) in [5.74, 6) is 0.620. The molecule has 0 bridgehead atoms. The SMILES string of the molecule is CCc1nn(C)c(NC(=O)C2CC(=O)N(C3CCCC3)C2)c1CC. The minimum absolute atomic E-state index is 0.0517. The Hall–Kier alpha value is -1.85. The van der Waals surface area contributed by atoms with Gasteiger partial charge < -0.3 is 10.2 Å². The first-order valence-corrected chi connectivity index (χ1v) is 9.20. The van der Waals surface area contributed by atoms with Crippen LogP contribution in [0.15, 0.2) is 0 Å². The van der Waals surface area contributed by atoms with Crippen LogP contribution in [0.5, 0.6) is 0 Å². The van der Waals surface area contributed by atoms with Crippen molar-refractivity contribution in [3.63, 3.8) is 0 Å². The molecule has 0 aromatic carbocycles. The summed E-state index contributed by atoms with van der Waals surface area (Å²) in [6, 6.07) is 0.352. The van der Waals surface area contributed by atoms with E-state index >= 15 is 0 Å². The van der Waals surface area contributed by atoms with Crippen LogP contribution in [0.25, 0.3) is 0 Å². The highest BCUT2D eigenvalue weighted by molar-refractivity contribution is 5.97. The van der Waals surface area contributed by atoms with Crippen molar-refractivity contribution in [1.82, 2.24) is 14.7 Å². The Morgan fingerprint density at radius 1 is 1.25 bits per heavy atom. The second kappa shape index (κ2) is 6.95. The molecule has 132 valence electrons. The molecule has 1 N–H and O–H groups in total. The lowest BCUT2D eigenvalue weighted by molar-refractivity contribution is -0.129. The summed E-state index contributed by atoms with van der Waals surface area (Å²) in [6.45, 7) is 4.71. The fourth-order valence-corrected chi connectivity index (χ4v) is 4.13. The van der Waals surface area contributed by atoms with Gasteiger partial charge in [0.15, 0.2) is 0 Å². The van der Waals surface area contributed by atoms with Gasteiger partial charge in [-0.2, -0.15) is 5.10 Å². The zero-order valence-corrected chi connectivity index (χ0v) is 15.0. The second-order valence-electron chi connectivity index (χ2n) is 6.98. The number of hydrogen-bond donors (Lipinski definition) is 1. The van der Waals surface area contributed by atoms with Gasteiger partial charge in [0, 0.05) is 31.6 Å². The maximum Gasteiger partial charge on any atom is 0.230 e. The lowest BCUT2D eigenvalue weighted by Gasteiger charge is -2.23. The Morgan fingerprint density at radius 3 is 2.58 bits per heavy atom. The average Bonchev–Trinajstić information content (AvgIpc) is 3.27. The van der Waals surface area contributed by atoms with Crippen molar-refractivity contribution in [3.05, 3.63) is 11.3 Å². The van der Waals surface area contributed by atoms with Crippen LogP contribution in [0.1, 0.15) is 57.2 Å². The third-order valence-corrected chi connectivity index (χ3v) is 5.45. The number of nitrogens with one attached hydrogen (secondary N) is 1. The number of rotatable bonds is 5. The molecule has 1 aromatic rings. The molecule has 3 rings (SSSR count). The Kier molecular flexibility index (Phi) is 4.92. The van der Waals surface area contributed by atoms with Gasteiger partial charge in [-0.3, -0.25) is 14.3 Å². The maximum absolute atomic E-state index is 12.7. The number of amides is 2. The molecule has 0 radical (unpaired) electrons. The summed E-state index contributed by atoms with van der Waals surface area (Å²) in [6.07, 6.45) is 6.58. The third kappa shape index (κ3) is 3.06. The van der Waals surface area contributed by atoms with E-state index in [1.165, 1.54) is 12.8 Å². The molecule has 6 heteroatoms. The zero-order valence-electron chi connectivity index (χ0n) is 15.0. The van der Waals surface area contributed by atoms with E-state index in [0.717, 1.165) is 42.8 Å². The fourth-order valence-electron chi connectivity index (χ4n) is 4.13. The van der Waals surface area contributed by atoms with Gasteiger partial charge in [0.25, 0.3) is 0 Å². The topological polar surface area (TPSA) is 67.2 Å². The summed E-state index contributed by atoms with van der Waals surface area (Å²) in [5, 5.41) is 7.54. The van der Waals surface area contributed by atoms with Gasteiger partial charge in [0.1, 0.15) is 5.82 Å². The minimum atomic E-state index is -0.247. The largest absolute Gasteiger partial charge is 0.339 e. The van der Waals surface area contributed by atoms with Crippen molar-refractivity contribution >= 4 is 17.6 Å².